The second-order valence-electron chi connectivity index (χ2n) is 5.31. The largest absolute Gasteiger partial charge is 0.497 e. The molecule has 0 aliphatic rings. The van der Waals surface area contributed by atoms with Crippen molar-refractivity contribution in [3.63, 3.8) is 0 Å². The number of rotatable bonds is 8. The molecule has 0 heterocycles. The molecule has 2 aromatic carbocycles. The summed E-state index contributed by atoms with van der Waals surface area (Å²) in [5.41, 5.74) is 4.20. The van der Waals surface area contributed by atoms with Gasteiger partial charge < -0.3 is 14.8 Å². The summed E-state index contributed by atoms with van der Waals surface area (Å²) in [6.07, 6.45) is 2.19. The third kappa shape index (κ3) is 5.24. The average Bonchev–Trinajstić information content (AvgIpc) is 2.66. The molecule has 2 aromatic rings. The van der Waals surface area contributed by atoms with Crippen LogP contribution in [-0.4, -0.2) is 32.4 Å². The minimum atomic E-state index is -0.364. The van der Waals surface area contributed by atoms with Crippen LogP contribution in [0.1, 0.15) is 18.9 Å². The molecule has 0 aliphatic carbocycles. The fourth-order valence-corrected chi connectivity index (χ4v) is 2.26. The molecule has 0 spiro atoms. The molecular formula is C19H23N3O3. The van der Waals surface area contributed by atoms with Crippen LogP contribution < -0.4 is 20.2 Å². The highest BCUT2D eigenvalue weighted by atomic mass is 16.5. The van der Waals surface area contributed by atoms with E-state index in [1.54, 1.807) is 32.6 Å². The minimum Gasteiger partial charge on any atom is -0.497 e. The number of nitrogens with zero attached hydrogens (tertiary/aromatic N) is 1. The van der Waals surface area contributed by atoms with Crippen LogP contribution in [0.2, 0.25) is 0 Å². The van der Waals surface area contributed by atoms with E-state index in [1.165, 1.54) is 0 Å². The third-order valence-corrected chi connectivity index (χ3v) is 3.66. The predicted octanol–water partition coefficient (Wildman–Crippen LogP) is 3.04. The number of carbonyl (C=O) groups is 1. The van der Waals surface area contributed by atoms with Crippen molar-refractivity contribution in [1.82, 2.24) is 5.43 Å². The molecule has 2 rings (SSSR count). The summed E-state index contributed by atoms with van der Waals surface area (Å²) in [5.74, 6) is 1.11. The molecule has 6 heteroatoms. The molecule has 1 unspecified atom stereocenters. The highest BCUT2D eigenvalue weighted by molar-refractivity contribution is 5.88. The lowest BCUT2D eigenvalue weighted by Crippen LogP contribution is -2.36. The quantitative estimate of drug-likeness (QED) is 0.572. The number of hydrogen-bond donors (Lipinski definition) is 2. The Morgan fingerprint density at radius 3 is 2.56 bits per heavy atom. The Balaban J connectivity index is 1.99. The van der Waals surface area contributed by atoms with Crippen molar-refractivity contribution < 1.29 is 14.3 Å². The zero-order valence-electron chi connectivity index (χ0n) is 14.7. The number of amides is 1. The first kappa shape index (κ1) is 18.3. The first-order valence-corrected chi connectivity index (χ1v) is 8.04. The number of anilines is 1. The monoisotopic (exact) mass is 341 g/mol. The first-order chi connectivity index (χ1) is 12.2. The van der Waals surface area contributed by atoms with E-state index in [4.69, 9.17) is 9.47 Å². The summed E-state index contributed by atoms with van der Waals surface area (Å²) >= 11 is 0. The Hall–Kier alpha value is -3.02. The Kier molecular flexibility index (Phi) is 6.83. The number of hydrogen-bond acceptors (Lipinski definition) is 5. The lowest BCUT2D eigenvalue weighted by atomic mass is 10.2. The van der Waals surface area contributed by atoms with E-state index < -0.39 is 0 Å². The fraction of sp³-hybridized carbons (Fsp3) is 0.263. The molecule has 1 atom stereocenters. The van der Waals surface area contributed by atoms with Gasteiger partial charge in [-0.05, 0) is 30.7 Å². The van der Waals surface area contributed by atoms with E-state index in [0.29, 0.717) is 17.9 Å². The van der Waals surface area contributed by atoms with Gasteiger partial charge in [-0.15, -0.1) is 0 Å². The SMILES string of the molecule is CCC(Nc1ccccc1)C(=O)NN=Cc1ccc(OC)cc1OC. The molecule has 0 saturated heterocycles. The summed E-state index contributed by atoms with van der Waals surface area (Å²) < 4.78 is 10.5. The molecule has 1 amide bonds. The standard InChI is InChI=1S/C19H23N3O3/c1-4-17(21-15-8-6-5-7-9-15)19(23)22-20-13-14-10-11-16(24-2)12-18(14)25-3/h5-13,17,21H,4H2,1-3H3,(H,22,23). The maximum absolute atomic E-state index is 12.3. The van der Waals surface area contributed by atoms with E-state index in [9.17, 15) is 4.79 Å². The molecule has 0 bridgehead atoms. The van der Waals surface area contributed by atoms with Gasteiger partial charge in [-0.1, -0.05) is 25.1 Å². The van der Waals surface area contributed by atoms with Crippen LogP contribution in [0, 0.1) is 0 Å². The summed E-state index contributed by atoms with van der Waals surface area (Å²) in [4.78, 5) is 12.3. The van der Waals surface area contributed by atoms with Crippen molar-refractivity contribution in [3.05, 3.63) is 54.1 Å². The molecule has 25 heavy (non-hydrogen) atoms. The van der Waals surface area contributed by atoms with Gasteiger partial charge >= 0.3 is 0 Å². The van der Waals surface area contributed by atoms with Crippen molar-refractivity contribution >= 4 is 17.8 Å². The van der Waals surface area contributed by atoms with Gasteiger partial charge in [0.25, 0.3) is 5.91 Å². The molecule has 0 aromatic heterocycles. The van der Waals surface area contributed by atoms with Crippen molar-refractivity contribution in [2.45, 2.75) is 19.4 Å². The van der Waals surface area contributed by atoms with Gasteiger partial charge in [0, 0.05) is 17.3 Å². The van der Waals surface area contributed by atoms with Crippen LogP contribution in [0.15, 0.2) is 53.6 Å². The number of hydrazone groups is 1. The number of benzene rings is 2. The smallest absolute Gasteiger partial charge is 0.262 e. The highest BCUT2D eigenvalue weighted by Crippen LogP contribution is 2.23. The summed E-state index contributed by atoms with van der Waals surface area (Å²) in [7, 11) is 3.16. The topological polar surface area (TPSA) is 72.0 Å². The van der Waals surface area contributed by atoms with Crippen molar-refractivity contribution in [3.8, 4) is 11.5 Å². The zero-order valence-corrected chi connectivity index (χ0v) is 14.7. The molecule has 0 radical (unpaired) electrons. The molecule has 0 fully saturated rings. The number of ether oxygens (including phenoxy) is 2. The second kappa shape index (κ2) is 9.32. The molecule has 2 N–H and O–H groups in total. The van der Waals surface area contributed by atoms with E-state index >= 15 is 0 Å². The Bertz CT molecular complexity index is 717. The molecule has 132 valence electrons. The Labute approximate surface area is 147 Å². The van der Waals surface area contributed by atoms with Crippen LogP contribution in [0.25, 0.3) is 0 Å². The van der Waals surface area contributed by atoms with Crippen molar-refractivity contribution in [2.24, 2.45) is 5.10 Å². The third-order valence-electron chi connectivity index (χ3n) is 3.66. The van der Waals surface area contributed by atoms with E-state index in [0.717, 1.165) is 11.3 Å². The second-order valence-corrected chi connectivity index (χ2v) is 5.31. The van der Waals surface area contributed by atoms with Gasteiger partial charge in [0.05, 0.1) is 20.4 Å². The minimum absolute atomic E-state index is 0.199. The fourth-order valence-electron chi connectivity index (χ4n) is 2.26. The van der Waals surface area contributed by atoms with Crippen LogP contribution in [0.4, 0.5) is 5.69 Å². The Morgan fingerprint density at radius 2 is 1.92 bits per heavy atom. The Morgan fingerprint density at radius 1 is 1.16 bits per heavy atom. The molecule has 0 aliphatic heterocycles. The summed E-state index contributed by atoms with van der Waals surface area (Å²) in [5, 5.41) is 7.22. The molecular weight excluding hydrogens is 318 g/mol. The maximum Gasteiger partial charge on any atom is 0.262 e. The lowest BCUT2D eigenvalue weighted by Gasteiger charge is -2.16. The van der Waals surface area contributed by atoms with Crippen LogP contribution in [0.5, 0.6) is 11.5 Å². The van der Waals surface area contributed by atoms with Gasteiger partial charge in [0.1, 0.15) is 17.5 Å². The van der Waals surface area contributed by atoms with Gasteiger partial charge in [0.2, 0.25) is 0 Å². The molecule has 6 nitrogen and oxygen atoms in total. The number of carbonyl (C=O) groups excluding carboxylic acids is 1. The van der Waals surface area contributed by atoms with Crippen LogP contribution >= 0.6 is 0 Å². The number of nitrogens with one attached hydrogen (secondary N) is 2. The molecule has 0 saturated carbocycles. The van der Waals surface area contributed by atoms with E-state index in [1.807, 2.05) is 43.3 Å². The summed E-state index contributed by atoms with van der Waals surface area (Å²) in [6.45, 7) is 1.94. The van der Waals surface area contributed by atoms with Gasteiger partial charge in [-0.2, -0.15) is 5.10 Å². The maximum atomic E-state index is 12.3. The van der Waals surface area contributed by atoms with E-state index in [-0.39, 0.29) is 11.9 Å². The van der Waals surface area contributed by atoms with Crippen LogP contribution in [0.3, 0.4) is 0 Å². The normalized spacial score (nSPS) is 11.8. The van der Waals surface area contributed by atoms with Gasteiger partial charge in [-0.3, -0.25) is 4.79 Å². The number of para-hydroxylation sites is 1. The predicted molar refractivity (Wildman–Crippen MR) is 99.4 cm³/mol. The summed E-state index contributed by atoms with van der Waals surface area (Å²) in [6, 6.07) is 14.6. The first-order valence-electron chi connectivity index (χ1n) is 8.04. The zero-order chi connectivity index (χ0) is 18.1. The average molecular weight is 341 g/mol. The van der Waals surface area contributed by atoms with Gasteiger partial charge in [0.15, 0.2) is 0 Å². The van der Waals surface area contributed by atoms with E-state index in [2.05, 4.69) is 15.8 Å². The van der Waals surface area contributed by atoms with Gasteiger partial charge in [-0.25, -0.2) is 5.43 Å². The van der Waals surface area contributed by atoms with Crippen molar-refractivity contribution in [1.29, 1.82) is 0 Å². The van der Waals surface area contributed by atoms with Crippen LogP contribution in [-0.2, 0) is 4.79 Å². The number of methoxy groups -OCH3 is 2. The van der Waals surface area contributed by atoms with Crippen molar-refractivity contribution in [2.75, 3.05) is 19.5 Å². The lowest BCUT2D eigenvalue weighted by molar-refractivity contribution is -0.121. The highest BCUT2D eigenvalue weighted by Gasteiger charge is 2.15.